The lowest BCUT2D eigenvalue weighted by molar-refractivity contribution is -0.914. The SMILES string of the molecule is CC(C)(C)OC(=O)NN=C1CC[NH+](Cc2ccccc2)CC1. The molecule has 2 N–H and O–H groups in total. The lowest BCUT2D eigenvalue weighted by Crippen LogP contribution is -3.11. The molecule has 1 heterocycles. The molecule has 1 aromatic rings. The molecule has 1 saturated heterocycles. The summed E-state index contributed by atoms with van der Waals surface area (Å²) in [4.78, 5) is 13.1. The molecule has 0 radical (unpaired) electrons. The van der Waals surface area contributed by atoms with Crippen LogP contribution in [0.1, 0.15) is 39.2 Å². The predicted octanol–water partition coefficient (Wildman–Crippen LogP) is 1.75. The summed E-state index contributed by atoms with van der Waals surface area (Å²) in [6.45, 7) is 8.66. The molecule has 1 aliphatic heterocycles. The highest BCUT2D eigenvalue weighted by molar-refractivity contribution is 5.86. The Balaban J connectivity index is 1.75. The molecule has 120 valence electrons. The number of nitrogens with one attached hydrogen (secondary N) is 2. The Morgan fingerprint density at radius 1 is 1.23 bits per heavy atom. The minimum atomic E-state index is -0.493. The van der Waals surface area contributed by atoms with Gasteiger partial charge in [-0.05, 0) is 20.8 Å². The van der Waals surface area contributed by atoms with Crippen molar-refractivity contribution in [2.45, 2.75) is 45.8 Å². The molecular weight excluding hydrogens is 278 g/mol. The highest BCUT2D eigenvalue weighted by Gasteiger charge is 2.20. The maximum Gasteiger partial charge on any atom is 0.428 e. The molecule has 1 aromatic carbocycles. The van der Waals surface area contributed by atoms with Crippen molar-refractivity contribution in [3.63, 3.8) is 0 Å². The van der Waals surface area contributed by atoms with E-state index in [9.17, 15) is 4.79 Å². The predicted molar refractivity (Wildman–Crippen MR) is 86.9 cm³/mol. The summed E-state index contributed by atoms with van der Waals surface area (Å²) in [5, 5.41) is 4.19. The molecule has 22 heavy (non-hydrogen) atoms. The Labute approximate surface area is 132 Å². The van der Waals surface area contributed by atoms with Gasteiger partial charge in [0.05, 0.1) is 13.1 Å². The Morgan fingerprint density at radius 3 is 2.45 bits per heavy atom. The van der Waals surface area contributed by atoms with Gasteiger partial charge in [0, 0.05) is 24.1 Å². The number of nitrogens with zero attached hydrogens (tertiary/aromatic N) is 1. The quantitative estimate of drug-likeness (QED) is 0.836. The molecule has 1 aliphatic rings. The summed E-state index contributed by atoms with van der Waals surface area (Å²) in [6, 6.07) is 10.5. The van der Waals surface area contributed by atoms with Gasteiger partial charge in [-0.3, -0.25) is 0 Å². The van der Waals surface area contributed by atoms with Gasteiger partial charge in [-0.2, -0.15) is 5.10 Å². The third-order valence-corrected chi connectivity index (χ3v) is 3.54. The molecule has 0 aliphatic carbocycles. The van der Waals surface area contributed by atoms with E-state index in [0.717, 1.165) is 38.2 Å². The number of hydrogen-bond acceptors (Lipinski definition) is 3. The monoisotopic (exact) mass is 304 g/mol. The summed E-state index contributed by atoms with van der Waals surface area (Å²) < 4.78 is 5.17. The van der Waals surface area contributed by atoms with E-state index in [1.54, 1.807) is 4.90 Å². The molecule has 1 amide bonds. The summed E-state index contributed by atoms with van der Waals surface area (Å²) in [6.07, 6.45) is 1.34. The average Bonchev–Trinajstić information content (AvgIpc) is 2.46. The lowest BCUT2D eigenvalue weighted by Gasteiger charge is -2.25. The normalized spacial score (nSPS) is 18.7. The topological polar surface area (TPSA) is 55.1 Å². The van der Waals surface area contributed by atoms with Crippen molar-refractivity contribution >= 4 is 11.8 Å². The van der Waals surface area contributed by atoms with Crippen LogP contribution in [0.5, 0.6) is 0 Å². The number of likely N-dealkylation sites (tertiary alicyclic amines) is 1. The van der Waals surface area contributed by atoms with Gasteiger partial charge in [0.25, 0.3) is 0 Å². The highest BCUT2D eigenvalue weighted by Crippen LogP contribution is 2.06. The number of hydrogen-bond donors (Lipinski definition) is 2. The molecule has 0 saturated carbocycles. The van der Waals surface area contributed by atoms with E-state index in [0.29, 0.717) is 0 Å². The maximum atomic E-state index is 11.6. The molecule has 0 aromatic heterocycles. The number of ether oxygens (including phenoxy) is 1. The molecule has 2 rings (SSSR count). The van der Waals surface area contributed by atoms with Gasteiger partial charge in [-0.15, -0.1) is 0 Å². The van der Waals surface area contributed by atoms with Gasteiger partial charge >= 0.3 is 6.09 Å². The number of rotatable bonds is 3. The molecule has 1 fully saturated rings. The molecule has 0 unspecified atom stereocenters. The largest absolute Gasteiger partial charge is 0.443 e. The van der Waals surface area contributed by atoms with Gasteiger partial charge in [0.2, 0.25) is 0 Å². The Morgan fingerprint density at radius 2 is 1.86 bits per heavy atom. The van der Waals surface area contributed by atoms with Gasteiger partial charge in [0.15, 0.2) is 0 Å². The van der Waals surface area contributed by atoms with E-state index >= 15 is 0 Å². The van der Waals surface area contributed by atoms with Crippen LogP contribution in [0.2, 0.25) is 0 Å². The van der Waals surface area contributed by atoms with Crippen molar-refractivity contribution in [3.05, 3.63) is 35.9 Å². The molecule has 0 bridgehead atoms. The van der Waals surface area contributed by atoms with Crippen molar-refractivity contribution in [1.82, 2.24) is 5.43 Å². The van der Waals surface area contributed by atoms with Crippen LogP contribution < -0.4 is 10.3 Å². The lowest BCUT2D eigenvalue weighted by atomic mass is 10.1. The van der Waals surface area contributed by atoms with Crippen LogP contribution in [0.4, 0.5) is 4.79 Å². The van der Waals surface area contributed by atoms with Gasteiger partial charge in [0.1, 0.15) is 12.1 Å². The summed E-state index contributed by atoms with van der Waals surface area (Å²) >= 11 is 0. The first-order valence-corrected chi connectivity index (χ1v) is 7.84. The fraction of sp³-hybridized carbons (Fsp3) is 0.529. The third kappa shape index (κ3) is 5.85. The maximum absolute atomic E-state index is 11.6. The van der Waals surface area contributed by atoms with E-state index in [2.05, 4.69) is 34.8 Å². The Kier molecular flexibility index (Phi) is 5.55. The average molecular weight is 304 g/mol. The van der Waals surface area contributed by atoms with Crippen molar-refractivity contribution in [2.75, 3.05) is 13.1 Å². The zero-order valence-corrected chi connectivity index (χ0v) is 13.7. The van der Waals surface area contributed by atoms with E-state index in [-0.39, 0.29) is 0 Å². The molecular formula is C17H26N3O2+. The summed E-state index contributed by atoms with van der Waals surface area (Å²) in [5.74, 6) is 0. The number of carbonyl (C=O) groups is 1. The minimum Gasteiger partial charge on any atom is -0.443 e. The number of amides is 1. The second kappa shape index (κ2) is 7.40. The zero-order chi connectivity index (χ0) is 16.0. The zero-order valence-electron chi connectivity index (χ0n) is 13.7. The molecule has 5 heteroatoms. The Hall–Kier alpha value is -1.88. The third-order valence-electron chi connectivity index (χ3n) is 3.54. The number of piperidine rings is 1. The van der Waals surface area contributed by atoms with Crippen molar-refractivity contribution in [1.29, 1.82) is 0 Å². The van der Waals surface area contributed by atoms with Crippen LogP contribution in [0.3, 0.4) is 0 Å². The molecule has 0 atom stereocenters. The number of hydrazone groups is 1. The fourth-order valence-corrected chi connectivity index (χ4v) is 2.49. The van der Waals surface area contributed by atoms with Gasteiger partial charge in [-0.1, -0.05) is 30.3 Å². The fourth-order valence-electron chi connectivity index (χ4n) is 2.49. The van der Waals surface area contributed by atoms with Crippen LogP contribution in [-0.2, 0) is 11.3 Å². The van der Waals surface area contributed by atoms with Gasteiger partial charge in [-0.25, -0.2) is 10.2 Å². The smallest absolute Gasteiger partial charge is 0.428 e. The first-order chi connectivity index (χ1) is 10.4. The van der Waals surface area contributed by atoms with Crippen LogP contribution in [0.25, 0.3) is 0 Å². The number of benzene rings is 1. The second-order valence-electron chi connectivity index (χ2n) is 6.70. The highest BCUT2D eigenvalue weighted by atomic mass is 16.6. The van der Waals surface area contributed by atoms with Crippen LogP contribution >= 0.6 is 0 Å². The number of carbonyl (C=O) groups excluding carboxylic acids is 1. The van der Waals surface area contributed by atoms with Crippen molar-refractivity contribution in [2.24, 2.45) is 5.10 Å². The van der Waals surface area contributed by atoms with Crippen LogP contribution in [-0.4, -0.2) is 30.5 Å². The van der Waals surface area contributed by atoms with Crippen LogP contribution in [0.15, 0.2) is 35.4 Å². The van der Waals surface area contributed by atoms with E-state index in [1.165, 1.54) is 5.56 Å². The summed E-state index contributed by atoms with van der Waals surface area (Å²) in [7, 11) is 0. The van der Waals surface area contributed by atoms with Crippen LogP contribution in [0, 0.1) is 0 Å². The minimum absolute atomic E-state index is 0.487. The Bertz CT molecular complexity index is 510. The first-order valence-electron chi connectivity index (χ1n) is 7.84. The first kappa shape index (κ1) is 16.5. The molecule has 0 spiro atoms. The van der Waals surface area contributed by atoms with Gasteiger partial charge < -0.3 is 9.64 Å². The molecule has 5 nitrogen and oxygen atoms in total. The van der Waals surface area contributed by atoms with Crippen molar-refractivity contribution < 1.29 is 14.4 Å². The van der Waals surface area contributed by atoms with E-state index in [4.69, 9.17) is 4.74 Å². The van der Waals surface area contributed by atoms with E-state index < -0.39 is 11.7 Å². The standard InChI is InChI=1S/C17H25N3O2/c1-17(2,3)22-16(21)19-18-15-9-11-20(12-10-15)13-14-7-5-4-6-8-14/h4-8H,9-13H2,1-3H3,(H,19,21)/p+1. The number of quaternary nitrogens is 1. The van der Waals surface area contributed by atoms with Crippen molar-refractivity contribution in [3.8, 4) is 0 Å². The second-order valence-corrected chi connectivity index (χ2v) is 6.70. The van der Waals surface area contributed by atoms with E-state index in [1.807, 2.05) is 26.8 Å². The summed E-state index contributed by atoms with van der Waals surface area (Å²) in [5.41, 5.74) is 4.41.